The van der Waals surface area contributed by atoms with Gasteiger partial charge in [0.15, 0.2) is 0 Å². The van der Waals surface area contributed by atoms with Gasteiger partial charge in [-0.3, -0.25) is 9.78 Å². The molecule has 1 amide bonds. The van der Waals surface area contributed by atoms with E-state index in [2.05, 4.69) is 25.6 Å². The molecule has 7 heteroatoms. The van der Waals surface area contributed by atoms with Crippen molar-refractivity contribution in [1.29, 1.82) is 0 Å². The second kappa shape index (κ2) is 9.09. The van der Waals surface area contributed by atoms with Crippen LogP contribution < -0.4 is 10.6 Å². The van der Waals surface area contributed by atoms with Crippen molar-refractivity contribution in [1.82, 2.24) is 20.3 Å². The van der Waals surface area contributed by atoms with E-state index in [-0.39, 0.29) is 5.91 Å². The second-order valence-electron chi connectivity index (χ2n) is 6.07. The number of nitrogens with one attached hydrogen (secondary N) is 2. The van der Waals surface area contributed by atoms with E-state index in [0.717, 1.165) is 23.2 Å². The van der Waals surface area contributed by atoms with Crippen molar-refractivity contribution in [3.63, 3.8) is 0 Å². The number of nitrogens with zero attached hydrogens (tertiary/aromatic N) is 3. The lowest BCUT2D eigenvalue weighted by Gasteiger charge is -2.09. The highest BCUT2D eigenvalue weighted by Gasteiger charge is 2.10. The van der Waals surface area contributed by atoms with Crippen molar-refractivity contribution in [3.8, 4) is 0 Å². The van der Waals surface area contributed by atoms with Crippen LogP contribution >= 0.6 is 11.6 Å². The van der Waals surface area contributed by atoms with Crippen molar-refractivity contribution in [3.05, 3.63) is 82.4 Å². The summed E-state index contributed by atoms with van der Waals surface area (Å²) in [6.07, 6.45) is 4.19. The summed E-state index contributed by atoms with van der Waals surface area (Å²) >= 11 is 6.00. The number of halogens is 1. The van der Waals surface area contributed by atoms with E-state index >= 15 is 0 Å². The molecule has 0 atom stereocenters. The molecule has 0 aliphatic carbocycles. The molecule has 2 N–H and O–H groups in total. The molecule has 1 aromatic carbocycles. The SMILES string of the molecule is Cc1cc(C(=O)NCc2cccnc2)nc(NCCc2cccc(Cl)c2)n1. The van der Waals surface area contributed by atoms with Crippen LogP contribution in [-0.2, 0) is 13.0 Å². The maximum absolute atomic E-state index is 12.4. The quantitative estimate of drug-likeness (QED) is 0.655. The Kier molecular flexibility index (Phi) is 6.33. The Morgan fingerprint density at radius 1 is 1.11 bits per heavy atom. The van der Waals surface area contributed by atoms with Crippen LogP contribution in [0.1, 0.15) is 27.3 Å². The van der Waals surface area contributed by atoms with E-state index in [9.17, 15) is 4.79 Å². The number of pyridine rings is 1. The number of benzene rings is 1. The van der Waals surface area contributed by atoms with Crippen LogP contribution in [0.15, 0.2) is 54.9 Å². The van der Waals surface area contributed by atoms with E-state index in [4.69, 9.17) is 11.6 Å². The molecule has 3 aromatic rings. The molecule has 2 aromatic heterocycles. The molecule has 27 heavy (non-hydrogen) atoms. The van der Waals surface area contributed by atoms with E-state index < -0.39 is 0 Å². The van der Waals surface area contributed by atoms with Crippen molar-refractivity contribution < 1.29 is 4.79 Å². The Balaban J connectivity index is 1.59. The third-order valence-corrected chi connectivity index (χ3v) is 4.08. The fourth-order valence-corrected chi connectivity index (χ4v) is 2.76. The first kappa shape index (κ1) is 18.8. The first-order valence-corrected chi connectivity index (χ1v) is 8.99. The van der Waals surface area contributed by atoms with Gasteiger partial charge in [0.25, 0.3) is 5.91 Å². The highest BCUT2D eigenvalue weighted by Crippen LogP contribution is 2.11. The highest BCUT2D eigenvalue weighted by atomic mass is 35.5. The standard InChI is InChI=1S/C20H20ClN5O/c1-14-10-18(19(27)24-13-16-5-3-8-22-12-16)26-20(25-14)23-9-7-15-4-2-6-17(21)11-15/h2-6,8,10-12H,7,9,13H2,1H3,(H,24,27)(H,23,25,26). The van der Waals surface area contributed by atoms with Gasteiger partial charge in [-0.05, 0) is 48.7 Å². The lowest BCUT2D eigenvalue weighted by molar-refractivity contribution is 0.0945. The number of carbonyl (C=O) groups is 1. The average Bonchev–Trinajstić information content (AvgIpc) is 2.66. The van der Waals surface area contributed by atoms with Crippen LogP contribution in [0.5, 0.6) is 0 Å². The van der Waals surface area contributed by atoms with Gasteiger partial charge >= 0.3 is 0 Å². The van der Waals surface area contributed by atoms with Gasteiger partial charge in [-0.15, -0.1) is 0 Å². The Bertz CT molecular complexity index is 917. The third kappa shape index (κ3) is 5.76. The topological polar surface area (TPSA) is 79.8 Å². The first-order chi connectivity index (χ1) is 13.1. The zero-order chi connectivity index (χ0) is 19.1. The molecule has 0 aliphatic heterocycles. The molecule has 0 spiro atoms. The smallest absolute Gasteiger partial charge is 0.270 e. The minimum absolute atomic E-state index is 0.248. The number of aromatic nitrogens is 3. The molecule has 0 bridgehead atoms. The fraction of sp³-hybridized carbons (Fsp3) is 0.200. The van der Waals surface area contributed by atoms with Gasteiger partial charge in [0.1, 0.15) is 5.69 Å². The summed E-state index contributed by atoms with van der Waals surface area (Å²) in [5.74, 6) is 0.186. The molecular weight excluding hydrogens is 362 g/mol. The van der Waals surface area contributed by atoms with Gasteiger partial charge in [0, 0.05) is 36.2 Å². The molecule has 0 saturated carbocycles. The lowest BCUT2D eigenvalue weighted by Crippen LogP contribution is -2.24. The number of amides is 1. The van der Waals surface area contributed by atoms with Crippen molar-refractivity contribution in [2.24, 2.45) is 0 Å². The Morgan fingerprint density at radius 3 is 2.74 bits per heavy atom. The summed E-state index contributed by atoms with van der Waals surface area (Å²) in [4.78, 5) is 25.1. The summed E-state index contributed by atoms with van der Waals surface area (Å²) in [7, 11) is 0. The molecule has 0 fully saturated rings. The van der Waals surface area contributed by atoms with E-state index in [1.807, 2.05) is 43.3 Å². The number of carbonyl (C=O) groups excluding carboxylic acids is 1. The summed E-state index contributed by atoms with van der Waals surface area (Å²) < 4.78 is 0. The minimum Gasteiger partial charge on any atom is -0.354 e. The first-order valence-electron chi connectivity index (χ1n) is 8.61. The van der Waals surface area contributed by atoms with Crippen molar-refractivity contribution >= 4 is 23.5 Å². The normalized spacial score (nSPS) is 10.4. The van der Waals surface area contributed by atoms with E-state index in [0.29, 0.717) is 29.8 Å². The molecule has 2 heterocycles. The molecule has 138 valence electrons. The summed E-state index contributed by atoms with van der Waals surface area (Å²) in [6, 6.07) is 13.1. The van der Waals surface area contributed by atoms with Gasteiger partial charge in [-0.25, -0.2) is 9.97 Å². The highest BCUT2D eigenvalue weighted by molar-refractivity contribution is 6.30. The number of anilines is 1. The minimum atomic E-state index is -0.248. The predicted molar refractivity (Wildman–Crippen MR) is 106 cm³/mol. The summed E-state index contributed by atoms with van der Waals surface area (Å²) in [5.41, 5.74) is 3.10. The monoisotopic (exact) mass is 381 g/mol. The number of hydrogen-bond acceptors (Lipinski definition) is 5. The van der Waals surface area contributed by atoms with Gasteiger partial charge in [-0.2, -0.15) is 0 Å². The summed E-state index contributed by atoms with van der Waals surface area (Å²) in [5, 5.41) is 6.73. The van der Waals surface area contributed by atoms with Gasteiger partial charge in [0.2, 0.25) is 5.95 Å². The van der Waals surface area contributed by atoms with Crippen LogP contribution in [-0.4, -0.2) is 27.4 Å². The summed E-state index contributed by atoms with van der Waals surface area (Å²) in [6.45, 7) is 2.87. The van der Waals surface area contributed by atoms with E-state index in [1.54, 1.807) is 18.5 Å². The zero-order valence-corrected chi connectivity index (χ0v) is 15.7. The van der Waals surface area contributed by atoms with Crippen LogP contribution in [0.3, 0.4) is 0 Å². The molecule has 0 saturated heterocycles. The predicted octanol–water partition coefficient (Wildman–Crippen LogP) is 3.42. The van der Waals surface area contributed by atoms with Crippen molar-refractivity contribution in [2.45, 2.75) is 19.9 Å². The Morgan fingerprint density at radius 2 is 1.96 bits per heavy atom. The Hall–Kier alpha value is -2.99. The largest absolute Gasteiger partial charge is 0.354 e. The molecular formula is C20H20ClN5O. The number of hydrogen-bond donors (Lipinski definition) is 2. The lowest BCUT2D eigenvalue weighted by atomic mass is 10.1. The van der Waals surface area contributed by atoms with Crippen LogP contribution in [0.4, 0.5) is 5.95 Å². The van der Waals surface area contributed by atoms with Crippen LogP contribution in [0, 0.1) is 6.92 Å². The second-order valence-corrected chi connectivity index (χ2v) is 6.51. The molecule has 0 unspecified atom stereocenters. The zero-order valence-electron chi connectivity index (χ0n) is 14.9. The maximum Gasteiger partial charge on any atom is 0.270 e. The van der Waals surface area contributed by atoms with Crippen LogP contribution in [0.2, 0.25) is 5.02 Å². The third-order valence-electron chi connectivity index (χ3n) is 3.85. The Labute approximate surface area is 163 Å². The molecule has 0 aliphatic rings. The molecule has 6 nitrogen and oxygen atoms in total. The van der Waals surface area contributed by atoms with Gasteiger partial charge < -0.3 is 10.6 Å². The molecule has 0 radical (unpaired) electrons. The molecule has 3 rings (SSSR count). The fourth-order valence-electron chi connectivity index (χ4n) is 2.55. The van der Waals surface area contributed by atoms with Gasteiger partial charge in [-0.1, -0.05) is 29.8 Å². The number of aryl methyl sites for hydroxylation is 1. The maximum atomic E-state index is 12.4. The van der Waals surface area contributed by atoms with Crippen LogP contribution in [0.25, 0.3) is 0 Å². The van der Waals surface area contributed by atoms with E-state index in [1.165, 1.54) is 0 Å². The van der Waals surface area contributed by atoms with Crippen molar-refractivity contribution in [2.75, 3.05) is 11.9 Å². The average molecular weight is 382 g/mol. The number of rotatable bonds is 7. The van der Waals surface area contributed by atoms with Gasteiger partial charge in [0.05, 0.1) is 0 Å².